The van der Waals surface area contributed by atoms with Gasteiger partial charge in [-0.05, 0) is 18.5 Å². The molecule has 4 heteroatoms. The SMILES string of the molecule is CCOCCOCC(=O)Cl. The van der Waals surface area contributed by atoms with Crippen molar-refractivity contribution in [1.29, 1.82) is 0 Å². The Hall–Kier alpha value is -0.120. The third-order valence-electron chi connectivity index (χ3n) is 0.792. The first-order chi connectivity index (χ1) is 4.77. The van der Waals surface area contributed by atoms with E-state index >= 15 is 0 Å². The molecule has 0 saturated heterocycles. The lowest BCUT2D eigenvalue weighted by molar-refractivity contribution is -0.116. The Morgan fingerprint density at radius 1 is 1.40 bits per heavy atom. The average molecular weight is 167 g/mol. The summed E-state index contributed by atoms with van der Waals surface area (Å²) in [7, 11) is 0. The molecule has 0 saturated carbocycles. The fourth-order valence-electron chi connectivity index (χ4n) is 0.415. The van der Waals surface area contributed by atoms with Crippen molar-refractivity contribution in [1.82, 2.24) is 0 Å². The van der Waals surface area contributed by atoms with Gasteiger partial charge in [0, 0.05) is 6.61 Å². The molecule has 0 atom stereocenters. The molecule has 60 valence electrons. The van der Waals surface area contributed by atoms with Crippen molar-refractivity contribution in [3.05, 3.63) is 0 Å². The number of hydrogen-bond donors (Lipinski definition) is 0. The van der Waals surface area contributed by atoms with E-state index in [0.29, 0.717) is 19.8 Å². The van der Waals surface area contributed by atoms with E-state index in [1.54, 1.807) is 0 Å². The summed E-state index contributed by atoms with van der Waals surface area (Å²) in [6, 6.07) is 0. The van der Waals surface area contributed by atoms with Crippen LogP contribution in [0.15, 0.2) is 0 Å². The number of carbonyl (C=O) groups is 1. The highest BCUT2D eigenvalue weighted by atomic mass is 35.5. The van der Waals surface area contributed by atoms with Crippen LogP contribution in [0.3, 0.4) is 0 Å². The zero-order valence-corrected chi connectivity index (χ0v) is 6.69. The van der Waals surface area contributed by atoms with Crippen LogP contribution in [0, 0.1) is 0 Å². The molecule has 3 nitrogen and oxygen atoms in total. The number of hydrogen-bond acceptors (Lipinski definition) is 3. The lowest BCUT2D eigenvalue weighted by Gasteiger charge is -1.99. The van der Waals surface area contributed by atoms with E-state index < -0.39 is 5.24 Å². The maximum Gasteiger partial charge on any atom is 0.247 e. The summed E-state index contributed by atoms with van der Waals surface area (Å²) >= 11 is 4.99. The fraction of sp³-hybridized carbons (Fsp3) is 0.833. The van der Waals surface area contributed by atoms with Gasteiger partial charge >= 0.3 is 0 Å². The lowest BCUT2D eigenvalue weighted by atomic mass is 10.7. The predicted molar refractivity (Wildman–Crippen MR) is 38.2 cm³/mol. The molecule has 0 unspecified atom stereocenters. The molecule has 0 aromatic rings. The number of halogens is 1. The van der Waals surface area contributed by atoms with Crippen molar-refractivity contribution >= 4 is 16.8 Å². The van der Waals surface area contributed by atoms with Crippen molar-refractivity contribution in [2.45, 2.75) is 6.92 Å². The standard InChI is InChI=1S/C6H11ClO3/c1-2-9-3-4-10-5-6(7)8/h2-5H2,1H3. The smallest absolute Gasteiger partial charge is 0.247 e. The summed E-state index contributed by atoms with van der Waals surface area (Å²) in [5, 5.41) is -0.475. The second-order valence-corrected chi connectivity index (χ2v) is 2.03. The van der Waals surface area contributed by atoms with E-state index in [9.17, 15) is 4.79 Å². The molecule has 0 aliphatic carbocycles. The summed E-state index contributed by atoms with van der Waals surface area (Å²) in [6.07, 6.45) is 0. The van der Waals surface area contributed by atoms with E-state index in [2.05, 4.69) is 0 Å². The Morgan fingerprint density at radius 2 is 2.00 bits per heavy atom. The maximum atomic E-state index is 10.1. The third kappa shape index (κ3) is 7.88. The highest BCUT2D eigenvalue weighted by Crippen LogP contribution is 1.82. The Bertz CT molecular complexity index is 95.0. The molecule has 0 aromatic heterocycles. The molecule has 0 aliphatic heterocycles. The van der Waals surface area contributed by atoms with E-state index in [4.69, 9.17) is 21.1 Å². The van der Waals surface area contributed by atoms with Crippen LogP contribution in [-0.4, -0.2) is 31.7 Å². The maximum absolute atomic E-state index is 10.1. The lowest BCUT2D eigenvalue weighted by Crippen LogP contribution is -2.08. The van der Waals surface area contributed by atoms with E-state index in [1.165, 1.54) is 0 Å². The molecule has 0 rings (SSSR count). The van der Waals surface area contributed by atoms with Crippen LogP contribution in [0.5, 0.6) is 0 Å². The molecular formula is C6H11ClO3. The molecule has 0 heterocycles. The molecule has 0 aliphatic rings. The minimum Gasteiger partial charge on any atom is -0.379 e. The molecule has 0 bridgehead atoms. The first-order valence-electron chi connectivity index (χ1n) is 3.11. The Labute approximate surface area is 65.3 Å². The summed E-state index contributed by atoms with van der Waals surface area (Å²) < 4.78 is 9.73. The molecule has 0 fully saturated rings. The van der Waals surface area contributed by atoms with Gasteiger partial charge in [-0.3, -0.25) is 4.79 Å². The van der Waals surface area contributed by atoms with Crippen LogP contribution in [0.1, 0.15) is 6.92 Å². The topological polar surface area (TPSA) is 35.5 Å². The number of ether oxygens (including phenoxy) is 2. The summed E-state index contributed by atoms with van der Waals surface area (Å²) in [5.41, 5.74) is 0. The number of carbonyl (C=O) groups excluding carboxylic acids is 1. The average Bonchev–Trinajstić information content (AvgIpc) is 1.87. The summed E-state index contributed by atoms with van der Waals surface area (Å²) in [6.45, 7) is 3.46. The van der Waals surface area contributed by atoms with Gasteiger partial charge in [-0.25, -0.2) is 0 Å². The Balaban J connectivity index is 2.84. The van der Waals surface area contributed by atoms with Gasteiger partial charge in [0.15, 0.2) is 0 Å². The van der Waals surface area contributed by atoms with Crippen LogP contribution in [0.4, 0.5) is 0 Å². The van der Waals surface area contributed by atoms with Gasteiger partial charge in [-0.15, -0.1) is 0 Å². The van der Waals surface area contributed by atoms with E-state index in [0.717, 1.165) is 0 Å². The highest BCUT2D eigenvalue weighted by molar-refractivity contribution is 6.63. The van der Waals surface area contributed by atoms with Crippen molar-refractivity contribution in [3.63, 3.8) is 0 Å². The van der Waals surface area contributed by atoms with Gasteiger partial charge in [0.2, 0.25) is 5.24 Å². The normalized spacial score (nSPS) is 9.80. The molecule has 0 spiro atoms. The molecular weight excluding hydrogens is 156 g/mol. The van der Waals surface area contributed by atoms with E-state index in [-0.39, 0.29) is 6.61 Å². The van der Waals surface area contributed by atoms with Crippen LogP contribution in [-0.2, 0) is 14.3 Å². The minimum absolute atomic E-state index is 0.0331. The molecule has 10 heavy (non-hydrogen) atoms. The molecule has 0 N–H and O–H groups in total. The summed E-state index contributed by atoms with van der Waals surface area (Å²) in [4.78, 5) is 10.1. The quantitative estimate of drug-likeness (QED) is 0.433. The van der Waals surface area contributed by atoms with Crippen LogP contribution in [0.2, 0.25) is 0 Å². The van der Waals surface area contributed by atoms with Crippen molar-refractivity contribution in [2.75, 3.05) is 26.4 Å². The Morgan fingerprint density at radius 3 is 2.50 bits per heavy atom. The molecule has 0 aromatic carbocycles. The van der Waals surface area contributed by atoms with Gasteiger partial charge in [-0.1, -0.05) is 0 Å². The van der Waals surface area contributed by atoms with Gasteiger partial charge in [0.05, 0.1) is 13.2 Å². The monoisotopic (exact) mass is 166 g/mol. The van der Waals surface area contributed by atoms with Crippen LogP contribution in [0.25, 0.3) is 0 Å². The molecule has 0 amide bonds. The minimum atomic E-state index is -0.475. The summed E-state index contributed by atoms with van der Waals surface area (Å²) in [5.74, 6) is 0. The highest BCUT2D eigenvalue weighted by Gasteiger charge is 1.93. The van der Waals surface area contributed by atoms with Gasteiger partial charge < -0.3 is 9.47 Å². The van der Waals surface area contributed by atoms with Gasteiger partial charge in [-0.2, -0.15) is 0 Å². The first-order valence-corrected chi connectivity index (χ1v) is 3.49. The third-order valence-corrected chi connectivity index (χ3v) is 0.901. The zero-order valence-electron chi connectivity index (χ0n) is 5.93. The largest absolute Gasteiger partial charge is 0.379 e. The fourth-order valence-corrected chi connectivity index (χ4v) is 0.492. The molecule has 0 radical (unpaired) electrons. The number of rotatable bonds is 6. The van der Waals surface area contributed by atoms with Gasteiger partial charge in [0.25, 0.3) is 0 Å². The zero-order chi connectivity index (χ0) is 7.82. The second kappa shape index (κ2) is 6.99. The van der Waals surface area contributed by atoms with Crippen LogP contribution < -0.4 is 0 Å². The van der Waals surface area contributed by atoms with Crippen molar-refractivity contribution in [3.8, 4) is 0 Å². The van der Waals surface area contributed by atoms with Crippen molar-refractivity contribution < 1.29 is 14.3 Å². The first kappa shape index (κ1) is 9.88. The van der Waals surface area contributed by atoms with Crippen LogP contribution >= 0.6 is 11.6 Å². The predicted octanol–water partition coefficient (Wildman–Crippen LogP) is 0.805. The van der Waals surface area contributed by atoms with Crippen molar-refractivity contribution in [2.24, 2.45) is 0 Å². The van der Waals surface area contributed by atoms with E-state index in [1.807, 2.05) is 6.92 Å². The van der Waals surface area contributed by atoms with Gasteiger partial charge in [0.1, 0.15) is 6.61 Å². The second-order valence-electron chi connectivity index (χ2n) is 1.60. The Kier molecular flexibility index (Phi) is 6.91.